The van der Waals surface area contributed by atoms with Gasteiger partial charge < -0.3 is 4.57 Å². The molecule has 74 valence electrons. The lowest BCUT2D eigenvalue weighted by molar-refractivity contribution is 0.933. The van der Waals surface area contributed by atoms with E-state index < -0.39 is 8.07 Å². The maximum atomic E-state index is 4.53. The van der Waals surface area contributed by atoms with Crippen molar-refractivity contribution in [1.82, 2.24) is 9.55 Å². The third kappa shape index (κ3) is 1.70. The molecule has 0 spiro atoms. The number of hydrogen-bond donors (Lipinski definition) is 0. The molecule has 0 amide bonds. The summed E-state index contributed by atoms with van der Waals surface area (Å²) in [6, 6.07) is 3.93. The summed E-state index contributed by atoms with van der Waals surface area (Å²) in [5.74, 6) is 0. The van der Waals surface area contributed by atoms with Gasteiger partial charge in [0.1, 0.15) is 8.07 Å². The first-order chi connectivity index (χ1) is 6.20. The van der Waals surface area contributed by atoms with Crippen LogP contribution in [0.25, 0.3) is 0 Å². The van der Waals surface area contributed by atoms with Gasteiger partial charge in [0, 0.05) is 19.4 Å². The van der Waals surface area contributed by atoms with Crippen molar-refractivity contribution in [2.24, 2.45) is 7.05 Å². The third-order valence-corrected chi connectivity index (χ3v) is 8.82. The van der Waals surface area contributed by atoms with E-state index in [2.05, 4.69) is 43.6 Å². The van der Waals surface area contributed by atoms with Gasteiger partial charge in [-0.3, -0.25) is 0 Å². The zero-order valence-electron chi connectivity index (χ0n) is 9.17. The first-order valence-corrected chi connectivity index (χ1v) is 7.80. The van der Waals surface area contributed by atoms with Gasteiger partial charge in [0.05, 0.1) is 5.45 Å². The minimum Gasteiger partial charge on any atom is -0.342 e. The molecule has 2 nitrogen and oxygen atoms in total. The topological polar surface area (TPSA) is 17.8 Å². The average Bonchev–Trinajstić information content (AvgIpc) is 2.57. The lowest BCUT2D eigenvalue weighted by Crippen LogP contribution is -2.50. The Morgan fingerprint density at radius 2 is 1.77 bits per heavy atom. The van der Waals surface area contributed by atoms with Crippen molar-refractivity contribution in [3.63, 3.8) is 0 Å². The minimum atomic E-state index is -1.23. The average molecular weight is 196 g/mol. The van der Waals surface area contributed by atoms with E-state index in [0.29, 0.717) is 0 Å². The van der Waals surface area contributed by atoms with Crippen LogP contribution in [0, 0.1) is 0 Å². The molecular formula is C10H20N2Si. The zero-order valence-corrected chi connectivity index (χ0v) is 10.2. The van der Waals surface area contributed by atoms with Gasteiger partial charge in [-0.2, -0.15) is 0 Å². The van der Waals surface area contributed by atoms with Crippen LogP contribution in [0.4, 0.5) is 0 Å². The Labute approximate surface area is 82.0 Å². The highest BCUT2D eigenvalue weighted by molar-refractivity contribution is 6.90. The highest BCUT2D eigenvalue weighted by atomic mass is 28.3. The van der Waals surface area contributed by atoms with Crippen LogP contribution in [0.2, 0.25) is 18.1 Å². The quantitative estimate of drug-likeness (QED) is 0.675. The molecule has 3 heteroatoms. The van der Waals surface area contributed by atoms with E-state index in [1.807, 2.05) is 6.20 Å². The molecule has 0 saturated carbocycles. The van der Waals surface area contributed by atoms with Gasteiger partial charge in [-0.05, 0) is 0 Å². The zero-order chi connectivity index (χ0) is 9.90. The normalized spacial score (nSPS) is 12.0. The number of rotatable bonds is 4. The molecule has 1 aromatic heterocycles. The number of hydrogen-bond acceptors (Lipinski definition) is 1. The Balaban J connectivity index is 3.07. The molecule has 0 atom stereocenters. The Morgan fingerprint density at radius 3 is 2.08 bits per heavy atom. The van der Waals surface area contributed by atoms with Crippen molar-refractivity contribution in [2.75, 3.05) is 0 Å². The van der Waals surface area contributed by atoms with E-state index in [0.717, 1.165) is 0 Å². The van der Waals surface area contributed by atoms with Crippen LogP contribution in [0.15, 0.2) is 12.4 Å². The number of aryl methyl sites for hydroxylation is 1. The molecule has 13 heavy (non-hydrogen) atoms. The second-order valence-corrected chi connectivity index (χ2v) is 8.83. The van der Waals surface area contributed by atoms with Gasteiger partial charge in [-0.25, -0.2) is 4.98 Å². The lowest BCUT2D eigenvalue weighted by atomic mass is 10.9. The Hall–Kier alpha value is -0.573. The van der Waals surface area contributed by atoms with Crippen LogP contribution < -0.4 is 5.45 Å². The van der Waals surface area contributed by atoms with E-state index in [1.54, 1.807) is 0 Å². The van der Waals surface area contributed by atoms with Gasteiger partial charge in [0.25, 0.3) is 0 Å². The van der Waals surface area contributed by atoms with E-state index in [-0.39, 0.29) is 0 Å². The highest BCUT2D eigenvalue weighted by Gasteiger charge is 2.32. The standard InChI is InChI=1S/C10H20N2Si/c1-5-13(6-2,7-3)10-11-8-9-12(10)4/h8-9H,5-7H2,1-4H3. The summed E-state index contributed by atoms with van der Waals surface area (Å²) in [7, 11) is 0.882. The maximum Gasteiger partial charge on any atom is 0.131 e. The van der Waals surface area contributed by atoms with Crippen molar-refractivity contribution in [3.8, 4) is 0 Å². The highest BCUT2D eigenvalue weighted by Crippen LogP contribution is 2.18. The van der Waals surface area contributed by atoms with E-state index in [1.165, 1.54) is 23.6 Å². The van der Waals surface area contributed by atoms with Crippen molar-refractivity contribution in [1.29, 1.82) is 0 Å². The van der Waals surface area contributed by atoms with Crippen LogP contribution in [0.3, 0.4) is 0 Å². The van der Waals surface area contributed by atoms with Crippen LogP contribution in [-0.4, -0.2) is 17.6 Å². The van der Waals surface area contributed by atoms with Gasteiger partial charge in [-0.1, -0.05) is 38.9 Å². The number of aromatic nitrogens is 2. The second kappa shape index (κ2) is 4.09. The Morgan fingerprint density at radius 1 is 1.23 bits per heavy atom. The Kier molecular flexibility index (Phi) is 3.31. The summed E-state index contributed by atoms with van der Waals surface area (Å²) >= 11 is 0. The van der Waals surface area contributed by atoms with Crippen molar-refractivity contribution < 1.29 is 0 Å². The molecule has 0 bridgehead atoms. The van der Waals surface area contributed by atoms with Crippen LogP contribution >= 0.6 is 0 Å². The first kappa shape index (κ1) is 10.5. The molecule has 0 radical (unpaired) electrons. The van der Waals surface area contributed by atoms with Crippen molar-refractivity contribution in [2.45, 2.75) is 38.9 Å². The molecule has 0 aliphatic rings. The molecule has 0 N–H and O–H groups in total. The predicted octanol–water partition coefficient (Wildman–Crippen LogP) is 2.14. The Bertz CT molecular complexity index is 255. The molecular weight excluding hydrogens is 176 g/mol. The van der Waals surface area contributed by atoms with Gasteiger partial charge >= 0.3 is 0 Å². The van der Waals surface area contributed by atoms with Gasteiger partial charge in [0.15, 0.2) is 0 Å². The number of nitrogens with zero attached hydrogens (tertiary/aromatic N) is 2. The van der Waals surface area contributed by atoms with Crippen LogP contribution in [0.5, 0.6) is 0 Å². The summed E-state index contributed by atoms with van der Waals surface area (Å²) < 4.78 is 2.21. The minimum absolute atomic E-state index is 1.23. The van der Waals surface area contributed by atoms with E-state index in [4.69, 9.17) is 0 Å². The summed E-state index contributed by atoms with van der Waals surface area (Å²) in [5, 5.41) is 0. The van der Waals surface area contributed by atoms with Crippen molar-refractivity contribution >= 4 is 13.5 Å². The number of imidazole rings is 1. The molecule has 1 rings (SSSR count). The molecule has 0 saturated heterocycles. The maximum absolute atomic E-state index is 4.53. The van der Waals surface area contributed by atoms with Gasteiger partial charge in [0.2, 0.25) is 0 Å². The lowest BCUT2D eigenvalue weighted by Gasteiger charge is -2.26. The fourth-order valence-electron chi connectivity index (χ4n) is 2.10. The fraction of sp³-hybridized carbons (Fsp3) is 0.700. The molecule has 0 aliphatic carbocycles. The predicted molar refractivity (Wildman–Crippen MR) is 60.0 cm³/mol. The van der Waals surface area contributed by atoms with E-state index >= 15 is 0 Å². The monoisotopic (exact) mass is 196 g/mol. The molecule has 0 aromatic carbocycles. The molecule has 1 heterocycles. The van der Waals surface area contributed by atoms with Crippen LogP contribution in [-0.2, 0) is 7.05 Å². The van der Waals surface area contributed by atoms with Crippen molar-refractivity contribution in [3.05, 3.63) is 12.4 Å². The summed E-state index contributed by atoms with van der Waals surface area (Å²) in [6.45, 7) is 6.94. The third-order valence-electron chi connectivity index (χ3n) is 3.33. The molecule has 0 fully saturated rings. The second-order valence-electron chi connectivity index (χ2n) is 3.70. The SMILES string of the molecule is CC[Si](CC)(CC)c1nccn1C. The molecule has 1 aromatic rings. The van der Waals surface area contributed by atoms with Crippen LogP contribution in [0.1, 0.15) is 20.8 Å². The summed E-state index contributed by atoms with van der Waals surface area (Å²) in [4.78, 5) is 4.53. The van der Waals surface area contributed by atoms with E-state index in [9.17, 15) is 0 Å². The molecule has 0 unspecified atom stereocenters. The first-order valence-electron chi connectivity index (χ1n) is 5.18. The largest absolute Gasteiger partial charge is 0.342 e. The van der Waals surface area contributed by atoms with Gasteiger partial charge in [-0.15, -0.1) is 0 Å². The fourth-order valence-corrected chi connectivity index (χ4v) is 5.72. The molecule has 0 aliphatic heterocycles. The summed E-state index contributed by atoms with van der Waals surface area (Å²) in [5.41, 5.74) is 1.38. The smallest absolute Gasteiger partial charge is 0.131 e. The summed E-state index contributed by atoms with van der Waals surface area (Å²) in [6.07, 6.45) is 4.00.